The van der Waals surface area contributed by atoms with Gasteiger partial charge in [0, 0.05) is 32.4 Å². The molecule has 0 fully saturated rings. The van der Waals surface area contributed by atoms with Gasteiger partial charge in [0.05, 0.1) is 12.2 Å². The topological polar surface area (TPSA) is 47.6 Å². The number of nitrogens with one attached hydrogen (secondary N) is 1. The lowest BCUT2D eigenvalue weighted by Gasteiger charge is -2.20. The van der Waals surface area contributed by atoms with Crippen LogP contribution in [0.5, 0.6) is 0 Å². The molecule has 1 heterocycles. The van der Waals surface area contributed by atoms with Crippen LogP contribution in [0.4, 0.5) is 5.69 Å². The normalized spacial score (nSPS) is 13.6. The van der Waals surface area contributed by atoms with Gasteiger partial charge in [-0.1, -0.05) is 6.07 Å². The van der Waals surface area contributed by atoms with Crippen molar-refractivity contribution in [2.45, 2.75) is 19.3 Å². The van der Waals surface area contributed by atoms with Gasteiger partial charge in [-0.3, -0.25) is 0 Å². The lowest BCUT2D eigenvalue weighted by molar-refractivity contribution is 0.0467. The number of esters is 1. The van der Waals surface area contributed by atoms with Crippen LogP contribution in [0, 0.1) is 0 Å². The molecular formula is C14H19NO3. The number of hydrogen-bond acceptors (Lipinski definition) is 4. The average Bonchev–Trinajstić information content (AvgIpc) is 2.43. The molecule has 4 heteroatoms. The van der Waals surface area contributed by atoms with E-state index in [4.69, 9.17) is 9.47 Å². The standard InChI is InChI=1S/C14H19NO3/c1-17-9-4-10-18-14(16)12-5-2-7-13-11(12)6-3-8-15-13/h2,5,7,15H,3-4,6,8-10H2,1H3. The first-order valence-electron chi connectivity index (χ1n) is 6.34. The highest BCUT2D eigenvalue weighted by molar-refractivity contribution is 5.93. The van der Waals surface area contributed by atoms with Crippen molar-refractivity contribution in [3.63, 3.8) is 0 Å². The van der Waals surface area contributed by atoms with Gasteiger partial charge >= 0.3 is 5.97 Å². The van der Waals surface area contributed by atoms with E-state index < -0.39 is 0 Å². The number of carbonyl (C=O) groups is 1. The number of fused-ring (bicyclic) bond motifs is 1. The van der Waals surface area contributed by atoms with E-state index >= 15 is 0 Å². The van der Waals surface area contributed by atoms with E-state index in [2.05, 4.69) is 5.32 Å². The maximum Gasteiger partial charge on any atom is 0.338 e. The Morgan fingerprint density at radius 2 is 2.28 bits per heavy atom. The third-order valence-corrected chi connectivity index (χ3v) is 3.04. The molecule has 1 N–H and O–H groups in total. The van der Waals surface area contributed by atoms with E-state index in [0.29, 0.717) is 18.8 Å². The monoisotopic (exact) mass is 249 g/mol. The highest BCUT2D eigenvalue weighted by atomic mass is 16.5. The van der Waals surface area contributed by atoms with Gasteiger partial charge in [0.15, 0.2) is 0 Å². The Bertz CT molecular complexity index is 418. The van der Waals surface area contributed by atoms with Crippen LogP contribution in [0.25, 0.3) is 0 Å². The zero-order valence-corrected chi connectivity index (χ0v) is 10.7. The second-order valence-electron chi connectivity index (χ2n) is 4.34. The Labute approximate surface area is 107 Å². The molecule has 0 amide bonds. The van der Waals surface area contributed by atoms with Gasteiger partial charge in [0.2, 0.25) is 0 Å². The van der Waals surface area contributed by atoms with Crippen molar-refractivity contribution >= 4 is 11.7 Å². The Morgan fingerprint density at radius 1 is 1.39 bits per heavy atom. The number of ether oxygens (including phenoxy) is 2. The molecule has 18 heavy (non-hydrogen) atoms. The molecule has 2 rings (SSSR count). The van der Waals surface area contributed by atoms with Crippen LogP contribution >= 0.6 is 0 Å². The fraction of sp³-hybridized carbons (Fsp3) is 0.500. The fourth-order valence-electron chi connectivity index (χ4n) is 2.15. The Hall–Kier alpha value is -1.55. The molecule has 0 bridgehead atoms. The first-order chi connectivity index (χ1) is 8.83. The summed E-state index contributed by atoms with van der Waals surface area (Å²) in [5.41, 5.74) is 2.84. The molecule has 0 spiro atoms. The van der Waals surface area contributed by atoms with Gasteiger partial charge in [-0.05, 0) is 30.5 Å². The summed E-state index contributed by atoms with van der Waals surface area (Å²) in [5, 5.41) is 3.31. The maximum absolute atomic E-state index is 12.0. The van der Waals surface area contributed by atoms with Gasteiger partial charge in [0.25, 0.3) is 0 Å². The SMILES string of the molecule is COCCCOC(=O)c1cccc2c1CCCN2. The summed E-state index contributed by atoms with van der Waals surface area (Å²) in [6.45, 7) is 1.99. The van der Waals surface area contributed by atoms with Crippen molar-refractivity contribution in [3.8, 4) is 0 Å². The second-order valence-corrected chi connectivity index (χ2v) is 4.34. The molecule has 98 valence electrons. The molecule has 0 saturated heterocycles. The van der Waals surface area contributed by atoms with Crippen molar-refractivity contribution in [3.05, 3.63) is 29.3 Å². The zero-order chi connectivity index (χ0) is 12.8. The van der Waals surface area contributed by atoms with E-state index in [1.807, 2.05) is 18.2 Å². The third kappa shape index (κ3) is 3.01. The molecule has 4 nitrogen and oxygen atoms in total. The number of carbonyl (C=O) groups excluding carboxylic acids is 1. The highest BCUT2D eigenvalue weighted by Crippen LogP contribution is 2.25. The molecule has 0 aliphatic carbocycles. The predicted molar refractivity (Wildman–Crippen MR) is 70.0 cm³/mol. The molecule has 0 atom stereocenters. The molecule has 1 aliphatic rings. The van der Waals surface area contributed by atoms with Crippen LogP contribution in [0.15, 0.2) is 18.2 Å². The summed E-state index contributed by atoms with van der Waals surface area (Å²) >= 11 is 0. The second kappa shape index (κ2) is 6.40. The van der Waals surface area contributed by atoms with Crippen molar-refractivity contribution in [1.29, 1.82) is 0 Å². The molecular weight excluding hydrogens is 230 g/mol. The Kier molecular flexibility index (Phi) is 4.59. The minimum absolute atomic E-state index is 0.230. The van der Waals surface area contributed by atoms with E-state index in [1.165, 1.54) is 0 Å². The predicted octanol–water partition coefficient (Wildman–Crippen LogP) is 2.24. The molecule has 0 radical (unpaired) electrons. The van der Waals surface area contributed by atoms with Gasteiger partial charge in [-0.2, -0.15) is 0 Å². The van der Waals surface area contributed by atoms with Crippen molar-refractivity contribution in [2.24, 2.45) is 0 Å². The summed E-state index contributed by atoms with van der Waals surface area (Å²) in [4.78, 5) is 12.0. The van der Waals surface area contributed by atoms with Crippen molar-refractivity contribution in [2.75, 3.05) is 32.2 Å². The van der Waals surface area contributed by atoms with Crippen LogP contribution in [-0.4, -0.2) is 32.8 Å². The van der Waals surface area contributed by atoms with Crippen molar-refractivity contribution < 1.29 is 14.3 Å². The molecule has 0 aromatic heterocycles. The smallest absolute Gasteiger partial charge is 0.338 e. The van der Waals surface area contributed by atoms with Crippen LogP contribution in [-0.2, 0) is 15.9 Å². The quantitative estimate of drug-likeness (QED) is 0.642. The van der Waals surface area contributed by atoms with Crippen molar-refractivity contribution in [1.82, 2.24) is 0 Å². The van der Waals surface area contributed by atoms with E-state index in [0.717, 1.165) is 37.1 Å². The summed E-state index contributed by atoms with van der Waals surface area (Å²) in [6.07, 6.45) is 2.72. The summed E-state index contributed by atoms with van der Waals surface area (Å²) in [6, 6.07) is 5.74. The molecule has 1 aromatic carbocycles. The molecule has 0 unspecified atom stereocenters. The highest BCUT2D eigenvalue weighted by Gasteiger charge is 2.17. The van der Waals surface area contributed by atoms with E-state index in [-0.39, 0.29) is 5.97 Å². The molecule has 0 saturated carbocycles. The van der Waals surface area contributed by atoms with Crippen LogP contribution in [0.1, 0.15) is 28.8 Å². The number of benzene rings is 1. The van der Waals surface area contributed by atoms with Crippen LogP contribution in [0.2, 0.25) is 0 Å². The maximum atomic E-state index is 12.0. The number of methoxy groups -OCH3 is 1. The molecule has 1 aromatic rings. The van der Waals surface area contributed by atoms with Crippen LogP contribution in [0.3, 0.4) is 0 Å². The van der Waals surface area contributed by atoms with Crippen LogP contribution < -0.4 is 5.32 Å². The third-order valence-electron chi connectivity index (χ3n) is 3.04. The summed E-state index contributed by atoms with van der Waals surface area (Å²) in [7, 11) is 1.64. The first kappa shape index (κ1) is 12.9. The van der Waals surface area contributed by atoms with Gasteiger partial charge < -0.3 is 14.8 Å². The van der Waals surface area contributed by atoms with E-state index in [1.54, 1.807) is 7.11 Å². The minimum Gasteiger partial charge on any atom is -0.462 e. The number of hydrogen-bond donors (Lipinski definition) is 1. The summed E-state index contributed by atoms with van der Waals surface area (Å²) < 4.78 is 10.2. The molecule has 1 aliphatic heterocycles. The largest absolute Gasteiger partial charge is 0.462 e. The number of rotatable bonds is 5. The lowest BCUT2D eigenvalue weighted by Crippen LogP contribution is -2.17. The van der Waals surface area contributed by atoms with E-state index in [9.17, 15) is 4.79 Å². The Morgan fingerprint density at radius 3 is 3.11 bits per heavy atom. The first-order valence-corrected chi connectivity index (χ1v) is 6.34. The van der Waals surface area contributed by atoms with Gasteiger partial charge in [0.1, 0.15) is 0 Å². The minimum atomic E-state index is -0.230. The fourth-order valence-corrected chi connectivity index (χ4v) is 2.15. The Balaban J connectivity index is 2.01. The summed E-state index contributed by atoms with van der Waals surface area (Å²) in [5.74, 6) is -0.230. The van der Waals surface area contributed by atoms with Gasteiger partial charge in [-0.25, -0.2) is 4.79 Å². The van der Waals surface area contributed by atoms with Gasteiger partial charge in [-0.15, -0.1) is 0 Å². The number of anilines is 1. The zero-order valence-electron chi connectivity index (χ0n) is 10.7. The lowest BCUT2D eigenvalue weighted by atomic mass is 9.98. The average molecular weight is 249 g/mol.